The Bertz CT molecular complexity index is 551. The molecule has 4 nitrogen and oxygen atoms in total. The monoisotopic (exact) mass is 321 g/mol. The van der Waals surface area contributed by atoms with E-state index in [2.05, 4.69) is 32.0 Å². The number of piperidine rings is 1. The average molecular weight is 321 g/mol. The standard InChI is InChI=1S/C17H23NO3S/c1-12-3-4-15(13(2)9-12)22-11-16(19)18-7-5-14(6-8-18)10-17(20)21/h3-4,9,14H,5-8,10-11H2,1-2H3,(H,20,21). The van der Waals surface area contributed by atoms with Gasteiger partial charge in [-0.1, -0.05) is 17.7 Å². The number of carbonyl (C=O) groups excluding carboxylic acids is 1. The van der Waals surface area contributed by atoms with Crippen LogP contribution in [0.1, 0.15) is 30.4 Å². The molecule has 1 saturated heterocycles. The molecule has 22 heavy (non-hydrogen) atoms. The second-order valence-electron chi connectivity index (χ2n) is 5.98. The Labute approximate surface area is 135 Å². The molecular weight excluding hydrogens is 298 g/mol. The van der Waals surface area contributed by atoms with Crippen molar-refractivity contribution in [2.45, 2.75) is 38.0 Å². The lowest BCUT2D eigenvalue weighted by molar-refractivity contribution is -0.138. The maximum absolute atomic E-state index is 12.3. The number of aryl methyl sites for hydroxylation is 2. The summed E-state index contributed by atoms with van der Waals surface area (Å²) in [5.41, 5.74) is 2.44. The molecule has 0 atom stereocenters. The van der Waals surface area contributed by atoms with Crippen LogP contribution in [0.25, 0.3) is 0 Å². The van der Waals surface area contributed by atoms with Crippen LogP contribution in [-0.2, 0) is 9.59 Å². The first-order valence-corrected chi connectivity index (χ1v) is 8.64. The van der Waals surface area contributed by atoms with E-state index in [1.54, 1.807) is 11.8 Å². The molecule has 0 radical (unpaired) electrons. The summed E-state index contributed by atoms with van der Waals surface area (Å²) in [4.78, 5) is 26.0. The van der Waals surface area contributed by atoms with Crippen LogP contribution in [0.3, 0.4) is 0 Å². The first-order valence-electron chi connectivity index (χ1n) is 7.65. The second kappa shape index (κ2) is 7.68. The summed E-state index contributed by atoms with van der Waals surface area (Å²) in [5.74, 6) is 0.0792. The highest BCUT2D eigenvalue weighted by atomic mass is 32.2. The lowest BCUT2D eigenvalue weighted by atomic mass is 9.94. The van der Waals surface area contributed by atoms with E-state index in [9.17, 15) is 9.59 Å². The van der Waals surface area contributed by atoms with Gasteiger partial charge in [-0.15, -0.1) is 11.8 Å². The SMILES string of the molecule is Cc1ccc(SCC(=O)N2CCC(CC(=O)O)CC2)c(C)c1. The average Bonchev–Trinajstić information content (AvgIpc) is 2.46. The molecule has 1 fully saturated rings. The zero-order valence-corrected chi connectivity index (χ0v) is 14.0. The Morgan fingerprint density at radius 1 is 1.27 bits per heavy atom. The second-order valence-corrected chi connectivity index (χ2v) is 7.00. The molecule has 1 aliphatic heterocycles. The predicted octanol–water partition coefficient (Wildman–Crippen LogP) is 3.11. The van der Waals surface area contributed by atoms with Crippen LogP contribution >= 0.6 is 11.8 Å². The van der Waals surface area contributed by atoms with Crippen LogP contribution in [0, 0.1) is 19.8 Å². The smallest absolute Gasteiger partial charge is 0.303 e. The fourth-order valence-corrected chi connectivity index (χ4v) is 3.74. The number of rotatable bonds is 5. The maximum Gasteiger partial charge on any atom is 0.303 e. The molecule has 1 aromatic rings. The Hall–Kier alpha value is -1.49. The number of hydrogen-bond acceptors (Lipinski definition) is 3. The predicted molar refractivity (Wildman–Crippen MR) is 88.2 cm³/mol. The Kier molecular flexibility index (Phi) is 5.89. The molecule has 1 N–H and O–H groups in total. The summed E-state index contributed by atoms with van der Waals surface area (Å²) >= 11 is 1.58. The highest BCUT2D eigenvalue weighted by Gasteiger charge is 2.24. The van der Waals surface area contributed by atoms with Crippen LogP contribution < -0.4 is 0 Å². The van der Waals surface area contributed by atoms with Crippen LogP contribution in [0.2, 0.25) is 0 Å². The quantitative estimate of drug-likeness (QED) is 0.847. The van der Waals surface area contributed by atoms with E-state index in [0.717, 1.165) is 17.7 Å². The zero-order valence-electron chi connectivity index (χ0n) is 13.2. The molecule has 120 valence electrons. The number of amides is 1. The van der Waals surface area contributed by atoms with Crippen LogP contribution in [0.5, 0.6) is 0 Å². The van der Waals surface area contributed by atoms with E-state index < -0.39 is 5.97 Å². The van der Waals surface area contributed by atoms with Crippen LogP contribution in [-0.4, -0.2) is 40.7 Å². The summed E-state index contributed by atoms with van der Waals surface area (Å²) in [6.45, 7) is 5.50. The summed E-state index contributed by atoms with van der Waals surface area (Å²) in [7, 11) is 0. The van der Waals surface area contributed by atoms with E-state index in [-0.39, 0.29) is 18.2 Å². The van der Waals surface area contributed by atoms with Gasteiger partial charge in [0.1, 0.15) is 0 Å². The Balaban J connectivity index is 1.80. The van der Waals surface area contributed by atoms with Crippen molar-refractivity contribution < 1.29 is 14.7 Å². The molecule has 0 aromatic heterocycles. The van der Waals surface area contributed by atoms with Gasteiger partial charge in [0.2, 0.25) is 5.91 Å². The van der Waals surface area contributed by atoms with Gasteiger partial charge >= 0.3 is 5.97 Å². The minimum atomic E-state index is -0.741. The highest BCUT2D eigenvalue weighted by molar-refractivity contribution is 8.00. The molecule has 0 bridgehead atoms. The first-order chi connectivity index (χ1) is 10.5. The van der Waals surface area contributed by atoms with Crippen molar-refractivity contribution in [3.63, 3.8) is 0 Å². The molecule has 1 aliphatic rings. The molecule has 0 spiro atoms. The number of aliphatic carboxylic acids is 1. The van der Waals surface area contributed by atoms with Crippen molar-refractivity contribution in [1.29, 1.82) is 0 Å². The minimum absolute atomic E-state index is 0.152. The lowest BCUT2D eigenvalue weighted by Gasteiger charge is -2.31. The molecular formula is C17H23NO3S. The van der Waals surface area contributed by atoms with Crippen molar-refractivity contribution in [1.82, 2.24) is 4.90 Å². The Morgan fingerprint density at radius 3 is 2.55 bits per heavy atom. The van der Waals surface area contributed by atoms with Crippen LogP contribution in [0.4, 0.5) is 0 Å². The van der Waals surface area contributed by atoms with E-state index in [1.807, 2.05) is 4.90 Å². The molecule has 0 unspecified atom stereocenters. The minimum Gasteiger partial charge on any atom is -0.481 e. The number of benzene rings is 1. The number of likely N-dealkylation sites (tertiary alicyclic amines) is 1. The summed E-state index contributed by atoms with van der Waals surface area (Å²) < 4.78 is 0. The van der Waals surface area contributed by atoms with Crippen molar-refractivity contribution in [2.24, 2.45) is 5.92 Å². The fourth-order valence-electron chi connectivity index (χ4n) is 2.83. The van der Waals surface area contributed by atoms with Gasteiger partial charge < -0.3 is 10.0 Å². The number of carboxylic acids is 1. The van der Waals surface area contributed by atoms with Crippen molar-refractivity contribution in [2.75, 3.05) is 18.8 Å². The van der Waals surface area contributed by atoms with Gasteiger partial charge in [0, 0.05) is 24.4 Å². The molecule has 1 amide bonds. The van der Waals surface area contributed by atoms with Crippen molar-refractivity contribution in [3.05, 3.63) is 29.3 Å². The number of nitrogens with zero attached hydrogens (tertiary/aromatic N) is 1. The molecule has 0 aliphatic carbocycles. The van der Waals surface area contributed by atoms with Crippen LogP contribution in [0.15, 0.2) is 23.1 Å². The van der Waals surface area contributed by atoms with Gasteiger partial charge in [-0.3, -0.25) is 9.59 Å². The summed E-state index contributed by atoms with van der Waals surface area (Å²) in [5, 5.41) is 8.81. The summed E-state index contributed by atoms with van der Waals surface area (Å²) in [6, 6.07) is 6.27. The molecule has 5 heteroatoms. The van der Waals surface area contributed by atoms with Gasteiger partial charge in [0.05, 0.1) is 5.75 Å². The van der Waals surface area contributed by atoms with E-state index >= 15 is 0 Å². The fraction of sp³-hybridized carbons (Fsp3) is 0.529. The van der Waals surface area contributed by atoms with Crippen molar-refractivity contribution >= 4 is 23.6 Å². The van der Waals surface area contributed by atoms with Gasteiger partial charge in [-0.05, 0) is 44.2 Å². The van der Waals surface area contributed by atoms with E-state index in [4.69, 9.17) is 5.11 Å². The third kappa shape index (κ3) is 4.77. The number of carbonyl (C=O) groups is 2. The van der Waals surface area contributed by atoms with Gasteiger partial charge in [0.15, 0.2) is 0 Å². The van der Waals surface area contributed by atoms with Gasteiger partial charge in [0.25, 0.3) is 0 Å². The van der Waals surface area contributed by atoms with Gasteiger partial charge in [-0.2, -0.15) is 0 Å². The summed E-state index contributed by atoms with van der Waals surface area (Å²) in [6.07, 6.45) is 1.82. The number of thioether (sulfide) groups is 1. The normalized spacial score (nSPS) is 15.8. The third-order valence-corrected chi connectivity index (χ3v) is 5.27. The lowest BCUT2D eigenvalue weighted by Crippen LogP contribution is -2.39. The van der Waals surface area contributed by atoms with E-state index in [0.29, 0.717) is 18.8 Å². The molecule has 0 saturated carbocycles. The third-order valence-electron chi connectivity index (χ3n) is 4.11. The number of hydrogen-bond donors (Lipinski definition) is 1. The first kappa shape index (κ1) is 16.9. The Morgan fingerprint density at radius 2 is 1.95 bits per heavy atom. The maximum atomic E-state index is 12.3. The molecule has 1 aromatic carbocycles. The topological polar surface area (TPSA) is 57.6 Å². The zero-order chi connectivity index (χ0) is 16.1. The van der Waals surface area contributed by atoms with Crippen molar-refractivity contribution in [3.8, 4) is 0 Å². The highest BCUT2D eigenvalue weighted by Crippen LogP contribution is 2.25. The molecule has 2 rings (SSSR count). The number of carboxylic acid groups (broad SMARTS) is 1. The molecule has 1 heterocycles. The van der Waals surface area contributed by atoms with E-state index in [1.165, 1.54) is 11.1 Å². The van der Waals surface area contributed by atoms with Gasteiger partial charge in [-0.25, -0.2) is 0 Å². The largest absolute Gasteiger partial charge is 0.481 e.